The Kier molecular flexibility index (Phi) is 10.2. The number of aryl methyl sites for hydroxylation is 2. The number of nitrogen functional groups attached to an aromatic ring is 4. The van der Waals surface area contributed by atoms with Gasteiger partial charge in [0.15, 0.2) is 0 Å². The monoisotopic (exact) mass is 728 g/mol. The molecular formula is C32H28F12N4O2. The molecule has 0 saturated heterocycles. The van der Waals surface area contributed by atoms with Crippen LogP contribution in [0.2, 0.25) is 0 Å². The Bertz CT molecular complexity index is 1600. The molecule has 0 atom stereocenters. The standard InChI is InChI=1S/C17H16F6N2.C15H12F6N2O2/c1-9-3-5-11(7-13(9)24)15(16(18,19)20,17(21,22)23)12-6-4-10(2)14(25)8-12;16-14(17,18)13(15(19,20)21,7-1-3-11(24)9(22)5-7)8-2-4-12(25)10(23)6-8/h3-8H,24-25H2,1-2H3;1-6,24-25H,22-23H2. The lowest BCUT2D eigenvalue weighted by Gasteiger charge is -2.38. The largest absolute Gasteiger partial charge is 0.506 e. The lowest BCUT2D eigenvalue weighted by molar-refractivity contribution is -0.290. The summed E-state index contributed by atoms with van der Waals surface area (Å²) in [4.78, 5) is 0. The Morgan fingerprint density at radius 2 is 0.600 bits per heavy atom. The molecular weight excluding hydrogens is 700 g/mol. The molecule has 18 heteroatoms. The van der Waals surface area contributed by atoms with Crippen molar-refractivity contribution in [2.45, 2.75) is 49.4 Å². The fraction of sp³-hybridized carbons (Fsp3) is 0.250. The van der Waals surface area contributed by atoms with E-state index >= 15 is 0 Å². The molecule has 272 valence electrons. The summed E-state index contributed by atoms with van der Waals surface area (Å²) in [5.74, 6) is -1.32. The van der Waals surface area contributed by atoms with E-state index in [4.69, 9.17) is 22.9 Å². The van der Waals surface area contributed by atoms with Crippen molar-refractivity contribution in [2.24, 2.45) is 0 Å². The van der Waals surface area contributed by atoms with Crippen molar-refractivity contribution >= 4 is 22.7 Å². The number of rotatable bonds is 4. The zero-order valence-electron chi connectivity index (χ0n) is 25.7. The average Bonchev–Trinajstić information content (AvgIpc) is 2.94. The third-order valence-electron chi connectivity index (χ3n) is 8.05. The van der Waals surface area contributed by atoms with Crippen LogP contribution in [-0.2, 0) is 10.8 Å². The smallest absolute Gasteiger partial charge is 0.411 e. The summed E-state index contributed by atoms with van der Waals surface area (Å²) in [6.45, 7) is 2.98. The minimum atomic E-state index is -5.82. The van der Waals surface area contributed by atoms with Crippen molar-refractivity contribution in [2.75, 3.05) is 22.9 Å². The van der Waals surface area contributed by atoms with Crippen molar-refractivity contribution in [1.82, 2.24) is 0 Å². The quantitative estimate of drug-likeness (QED) is 0.0706. The summed E-state index contributed by atoms with van der Waals surface area (Å²) >= 11 is 0. The topological polar surface area (TPSA) is 145 Å². The SMILES string of the molecule is Cc1ccc(C(c2ccc(C)c(N)c2)(C(F)(F)F)C(F)(F)F)cc1N.Nc1cc(C(c2ccc(O)c(N)c2)(C(F)(F)F)C(F)(F)F)ccc1O. The first kappa shape index (κ1) is 39.3. The predicted molar refractivity (Wildman–Crippen MR) is 162 cm³/mol. The molecule has 0 aliphatic carbocycles. The van der Waals surface area contributed by atoms with Crippen LogP contribution in [0.4, 0.5) is 75.4 Å². The van der Waals surface area contributed by atoms with Crippen LogP contribution < -0.4 is 22.9 Å². The van der Waals surface area contributed by atoms with E-state index in [2.05, 4.69) is 0 Å². The molecule has 4 aromatic carbocycles. The van der Waals surface area contributed by atoms with Crippen LogP contribution in [-0.4, -0.2) is 34.9 Å². The second kappa shape index (κ2) is 12.9. The van der Waals surface area contributed by atoms with Crippen LogP contribution in [0.25, 0.3) is 0 Å². The Labute approximate surface area is 275 Å². The van der Waals surface area contributed by atoms with E-state index in [-0.39, 0.29) is 11.4 Å². The van der Waals surface area contributed by atoms with E-state index in [1.807, 2.05) is 0 Å². The van der Waals surface area contributed by atoms with Gasteiger partial charge < -0.3 is 33.1 Å². The minimum Gasteiger partial charge on any atom is -0.506 e. The number of anilines is 4. The van der Waals surface area contributed by atoms with Gasteiger partial charge >= 0.3 is 24.7 Å². The molecule has 0 spiro atoms. The molecule has 10 N–H and O–H groups in total. The first-order chi connectivity index (χ1) is 22.6. The summed E-state index contributed by atoms with van der Waals surface area (Å²) in [6, 6.07) is 8.33. The Morgan fingerprint density at radius 3 is 0.800 bits per heavy atom. The number of phenols is 2. The highest BCUT2D eigenvalue weighted by Crippen LogP contribution is 2.58. The van der Waals surface area contributed by atoms with Gasteiger partial charge in [-0.3, -0.25) is 0 Å². The molecule has 0 saturated carbocycles. The molecule has 0 radical (unpaired) electrons. The molecule has 0 bridgehead atoms. The predicted octanol–water partition coefficient (Wildman–Crippen LogP) is 8.55. The van der Waals surface area contributed by atoms with E-state index in [9.17, 15) is 62.9 Å². The molecule has 6 nitrogen and oxygen atoms in total. The van der Waals surface area contributed by atoms with Crippen LogP contribution in [0, 0.1) is 13.8 Å². The molecule has 0 heterocycles. The summed E-state index contributed by atoms with van der Waals surface area (Å²) < 4.78 is 166. The van der Waals surface area contributed by atoms with Crippen LogP contribution in [0.1, 0.15) is 33.4 Å². The molecule has 4 aromatic rings. The van der Waals surface area contributed by atoms with Gasteiger partial charge in [-0.25, -0.2) is 0 Å². The van der Waals surface area contributed by atoms with Crippen LogP contribution in [0.3, 0.4) is 0 Å². The van der Waals surface area contributed by atoms with Gasteiger partial charge in [-0.1, -0.05) is 36.4 Å². The van der Waals surface area contributed by atoms with Gasteiger partial charge in [0.2, 0.25) is 10.8 Å². The Morgan fingerprint density at radius 1 is 0.380 bits per heavy atom. The summed E-state index contributed by atoms with van der Waals surface area (Å²) in [6.07, 6.45) is -23.0. The first-order valence-corrected chi connectivity index (χ1v) is 13.8. The van der Waals surface area contributed by atoms with E-state index in [0.717, 1.165) is 24.3 Å². The highest BCUT2D eigenvalue weighted by molar-refractivity contribution is 5.61. The maximum atomic E-state index is 13.9. The van der Waals surface area contributed by atoms with Crippen LogP contribution in [0.15, 0.2) is 72.8 Å². The zero-order chi connectivity index (χ0) is 38.4. The molecule has 0 aromatic heterocycles. The lowest BCUT2D eigenvalue weighted by atomic mass is 9.72. The number of halogens is 12. The molecule has 0 aliphatic rings. The Hall–Kier alpha value is -5.16. The van der Waals surface area contributed by atoms with Crippen molar-refractivity contribution < 1.29 is 62.9 Å². The molecule has 50 heavy (non-hydrogen) atoms. The number of alkyl halides is 12. The van der Waals surface area contributed by atoms with Gasteiger partial charge in [0, 0.05) is 11.4 Å². The maximum absolute atomic E-state index is 13.9. The molecule has 0 fully saturated rings. The average molecular weight is 729 g/mol. The van der Waals surface area contributed by atoms with Gasteiger partial charge in [-0.2, -0.15) is 52.7 Å². The van der Waals surface area contributed by atoms with Crippen LogP contribution >= 0.6 is 0 Å². The second-order valence-electron chi connectivity index (χ2n) is 11.2. The minimum absolute atomic E-state index is 0.157. The fourth-order valence-electron chi connectivity index (χ4n) is 5.29. The van der Waals surface area contributed by atoms with E-state index in [1.165, 1.54) is 13.8 Å². The summed E-state index contributed by atoms with van der Waals surface area (Å²) in [5, 5.41) is 18.7. The number of benzene rings is 4. The summed E-state index contributed by atoms with van der Waals surface area (Å²) in [5.41, 5.74) is 7.70. The Balaban J connectivity index is 0.000000270. The normalized spacial score (nSPS) is 13.1. The molecule has 0 aliphatic heterocycles. The van der Waals surface area contributed by atoms with Gasteiger partial charge in [0.1, 0.15) is 11.5 Å². The van der Waals surface area contributed by atoms with Gasteiger partial charge in [0.05, 0.1) is 11.4 Å². The highest BCUT2D eigenvalue weighted by atomic mass is 19.4. The van der Waals surface area contributed by atoms with E-state index in [0.29, 0.717) is 59.7 Å². The fourth-order valence-corrected chi connectivity index (χ4v) is 5.29. The third-order valence-corrected chi connectivity index (χ3v) is 8.05. The van der Waals surface area contributed by atoms with Crippen molar-refractivity contribution in [3.05, 3.63) is 106 Å². The van der Waals surface area contributed by atoms with Gasteiger partial charge in [0.25, 0.3) is 0 Å². The number of hydrogen-bond acceptors (Lipinski definition) is 6. The highest BCUT2D eigenvalue weighted by Gasteiger charge is 2.73. The first-order valence-electron chi connectivity index (χ1n) is 13.8. The molecule has 0 amide bonds. The zero-order valence-corrected chi connectivity index (χ0v) is 25.7. The van der Waals surface area contributed by atoms with Gasteiger partial charge in [-0.05, 0) is 83.6 Å². The number of aromatic hydroxyl groups is 2. The molecule has 0 unspecified atom stereocenters. The number of nitrogens with two attached hydrogens (primary N) is 4. The van der Waals surface area contributed by atoms with Crippen molar-refractivity contribution in [3.8, 4) is 11.5 Å². The van der Waals surface area contributed by atoms with E-state index < -0.39 is 80.7 Å². The maximum Gasteiger partial charge on any atom is 0.411 e. The van der Waals surface area contributed by atoms with Crippen LogP contribution in [0.5, 0.6) is 11.5 Å². The van der Waals surface area contributed by atoms with E-state index in [1.54, 1.807) is 0 Å². The third kappa shape index (κ3) is 6.57. The number of phenolic OH excluding ortho intramolecular Hbond substituents is 2. The molecule has 4 rings (SSSR count). The van der Waals surface area contributed by atoms with Gasteiger partial charge in [-0.15, -0.1) is 0 Å². The van der Waals surface area contributed by atoms with Crippen molar-refractivity contribution in [3.63, 3.8) is 0 Å². The lowest BCUT2D eigenvalue weighted by Crippen LogP contribution is -2.54. The second-order valence-corrected chi connectivity index (χ2v) is 11.2. The number of hydrogen-bond donors (Lipinski definition) is 6. The summed E-state index contributed by atoms with van der Waals surface area (Å²) in [7, 11) is 0. The van der Waals surface area contributed by atoms with Crippen molar-refractivity contribution in [1.29, 1.82) is 0 Å².